The number of nitrogens with zero attached hydrogens (tertiary/aromatic N) is 1. The van der Waals surface area contributed by atoms with Crippen LogP contribution in [0, 0.1) is 0 Å². The quantitative estimate of drug-likeness (QED) is 0.575. The Balaban J connectivity index is 2.64. The average Bonchev–Trinajstić information content (AvgIpc) is 2.64. The molecular formula is C14H26FNO4Si. The molecule has 2 atom stereocenters. The average molecular weight is 319 g/mol. The fourth-order valence-electron chi connectivity index (χ4n) is 2.00. The van der Waals surface area contributed by atoms with E-state index in [9.17, 15) is 14.0 Å². The van der Waals surface area contributed by atoms with E-state index in [1.54, 1.807) is 0 Å². The number of alkyl halides is 1. The summed E-state index contributed by atoms with van der Waals surface area (Å²) < 4.78 is 24.1. The zero-order valence-electron chi connectivity index (χ0n) is 13.7. The third-order valence-electron chi connectivity index (χ3n) is 4.43. The topological polar surface area (TPSA) is 55.8 Å². The second kappa shape index (κ2) is 6.44. The molecule has 1 saturated heterocycles. The van der Waals surface area contributed by atoms with E-state index in [-0.39, 0.29) is 18.0 Å². The molecule has 0 aliphatic carbocycles. The van der Waals surface area contributed by atoms with Crippen LogP contribution in [0.1, 0.15) is 27.2 Å². The summed E-state index contributed by atoms with van der Waals surface area (Å²) in [5.74, 6) is -1.22. The van der Waals surface area contributed by atoms with Gasteiger partial charge in [-0.25, -0.2) is 9.18 Å². The molecule has 0 saturated carbocycles. The van der Waals surface area contributed by atoms with Crippen LogP contribution >= 0.6 is 0 Å². The molecule has 21 heavy (non-hydrogen) atoms. The fraction of sp³-hybridized carbons (Fsp3) is 0.857. The van der Waals surface area contributed by atoms with Gasteiger partial charge in [0.25, 0.3) is 5.91 Å². The summed E-state index contributed by atoms with van der Waals surface area (Å²) in [6.07, 6.45) is -1.76. The molecule has 0 spiro atoms. The van der Waals surface area contributed by atoms with Crippen LogP contribution in [-0.4, -0.2) is 57.6 Å². The van der Waals surface area contributed by atoms with Crippen molar-refractivity contribution in [1.82, 2.24) is 4.90 Å². The van der Waals surface area contributed by atoms with E-state index in [1.807, 2.05) is 0 Å². The number of carbonyl (C=O) groups is 2. The molecule has 1 fully saturated rings. The van der Waals surface area contributed by atoms with E-state index in [1.165, 1.54) is 12.0 Å². The number of hydrogen-bond acceptors (Lipinski definition) is 4. The van der Waals surface area contributed by atoms with E-state index in [0.717, 1.165) is 0 Å². The van der Waals surface area contributed by atoms with Gasteiger partial charge < -0.3 is 14.1 Å². The molecule has 122 valence electrons. The number of carbonyl (C=O) groups excluding carboxylic acids is 2. The smallest absolute Gasteiger partial charge is 0.328 e. The van der Waals surface area contributed by atoms with Crippen LogP contribution in [0.25, 0.3) is 0 Å². The van der Waals surface area contributed by atoms with E-state index in [2.05, 4.69) is 38.6 Å². The summed E-state index contributed by atoms with van der Waals surface area (Å²) in [6.45, 7) is 11.1. The molecule has 0 unspecified atom stereocenters. The van der Waals surface area contributed by atoms with Crippen LogP contribution in [0.4, 0.5) is 4.39 Å². The molecular weight excluding hydrogens is 293 g/mol. The Morgan fingerprint density at radius 3 is 2.48 bits per heavy atom. The first-order valence-electron chi connectivity index (χ1n) is 7.17. The minimum absolute atomic E-state index is 0.0619. The lowest BCUT2D eigenvalue weighted by atomic mass is 10.2. The van der Waals surface area contributed by atoms with Gasteiger partial charge >= 0.3 is 5.97 Å². The van der Waals surface area contributed by atoms with Crippen LogP contribution in [0.5, 0.6) is 0 Å². The van der Waals surface area contributed by atoms with Crippen molar-refractivity contribution in [2.45, 2.75) is 57.5 Å². The van der Waals surface area contributed by atoms with Gasteiger partial charge in [-0.15, -0.1) is 0 Å². The summed E-state index contributed by atoms with van der Waals surface area (Å²) in [7, 11) is -0.682. The van der Waals surface area contributed by atoms with Crippen molar-refractivity contribution in [1.29, 1.82) is 0 Å². The summed E-state index contributed by atoms with van der Waals surface area (Å²) in [6, 6.07) is -0.833. The first-order chi connectivity index (χ1) is 9.51. The zero-order valence-corrected chi connectivity index (χ0v) is 14.7. The summed E-state index contributed by atoms with van der Waals surface area (Å²) in [4.78, 5) is 24.6. The largest absolute Gasteiger partial charge is 0.467 e. The number of likely N-dealkylation sites (tertiary alicyclic amines) is 1. The first-order valence-corrected chi connectivity index (χ1v) is 10.1. The van der Waals surface area contributed by atoms with Crippen LogP contribution < -0.4 is 0 Å². The fourth-order valence-corrected chi connectivity index (χ4v) is 3.03. The molecule has 0 radical (unpaired) electrons. The molecule has 7 heteroatoms. The molecule has 0 N–H and O–H groups in total. The Bertz CT molecular complexity index is 408. The molecule has 1 aliphatic heterocycles. The van der Waals surface area contributed by atoms with Crippen molar-refractivity contribution in [2.24, 2.45) is 0 Å². The van der Waals surface area contributed by atoms with E-state index < -0.39 is 32.4 Å². The monoisotopic (exact) mass is 319 g/mol. The molecule has 1 heterocycles. The van der Waals surface area contributed by atoms with Gasteiger partial charge in [-0.2, -0.15) is 0 Å². The van der Waals surface area contributed by atoms with Gasteiger partial charge in [-0.3, -0.25) is 4.79 Å². The van der Waals surface area contributed by atoms with E-state index >= 15 is 0 Å². The first kappa shape index (κ1) is 18.1. The number of amides is 1. The van der Waals surface area contributed by atoms with Gasteiger partial charge in [0.15, 0.2) is 14.5 Å². The van der Waals surface area contributed by atoms with Gasteiger partial charge in [0.2, 0.25) is 0 Å². The molecule has 0 aromatic heterocycles. The maximum Gasteiger partial charge on any atom is 0.328 e. The molecule has 0 aromatic rings. The molecule has 1 aliphatic rings. The standard InChI is InChI=1S/C14H26FNO4Si/c1-14(2,3)21(5,6)20-8-7-16-11(13(18)19-4)9-10(15)12(16)17/h10-11H,7-9H2,1-6H3/t10-,11+/m1/s1. The van der Waals surface area contributed by atoms with Crippen molar-refractivity contribution in [2.75, 3.05) is 20.3 Å². The van der Waals surface area contributed by atoms with Crippen LogP contribution in [-0.2, 0) is 18.8 Å². The highest BCUT2D eigenvalue weighted by Gasteiger charge is 2.44. The second-order valence-corrected chi connectivity index (χ2v) is 11.7. The number of halogens is 1. The number of rotatable bonds is 5. The third-order valence-corrected chi connectivity index (χ3v) is 8.97. The second-order valence-electron chi connectivity index (χ2n) is 6.88. The van der Waals surface area contributed by atoms with Crippen molar-refractivity contribution in [3.8, 4) is 0 Å². The normalized spacial score (nSPS) is 23.6. The van der Waals surface area contributed by atoms with Gasteiger partial charge in [0.05, 0.1) is 13.7 Å². The molecule has 1 rings (SSSR count). The van der Waals surface area contributed by atoms with Gasteiger partial charge in [-0.1, -0.05) is 20.8 Å². The molecule has 0 bridgehead atoms. The van der Waals surface area contributed by atoms with E-state index in [4.69, 9.17) is 4.43 Å². The summed E-state index contributed by atoms with van der Waals surface area (Å²) in [5.41, 5.74) is 0. The number of methoxy groups -OCH3 is 1. The minimum atomic E-state index is -1.92. The number of hydrogen-bond donors (Lipinski definition) is 0. The summed E-state index contributed by atoms with van der Waals surface area (Å²) in [5, 5.41) is 0.0619. The van der Waals surface area contributed by atoms with Gasteiger partial charge in [0.1, 0.15) is 6.04 Å². The Kier molecular flexibility index (Phi) is 5.55. The Morgan fingerprint density at radius 1 is 1.43 bits per heavy atom. The van der Waals surface area contributed by atoms with Crippen molar-refractivity contribution in [3.63, 3.8) is 0 Å². The van der Waals surface area contributed by atoms with Crippen LogP contribution in [0.3, 0.4) is 0 Å². The lowest BCUT2D eigenvalue weighted by molar-refractivity contribution is -0.149. The molecule has 1 amide bonds. The highest BCUT2D eigenvalue weighted by molar-refractivity contribution is 6.74. The highest BCUT2D eigenvalue weighted by Crippen LogP contribution is 2.36. The predicted molar refractivity (Wildman–Crippen MR) is 80.2 cm³/mol. The lowest BCUT2D eigenvalue weighted by Gasteiger charge is -2.36. The minimum Gasteiger partial charge on any atom is -0.467 e. The molecule has 0 aromatic carbocycles. The van der Waals surface area contributed by atoms with Crippen molar-refractivity contribution in [3.05, 3.63) is 0 Å². The van der Waals surface area contributed by atoms with Crippen LogP contribution in [0.2, 0.25) is 18.1 Å². The van der Waals surface area contributed by atoms with Gasteiger partial charge in [-0.05, 0) is 18.1 Å². The maximum absolute atomic E-state index is 13.5. The summed E-state index contributed by atoms with van der Waals surface area (Å²) >= 11 is 0. The molecule has 5 nitrogen and oxygen atoms in total. The number of esters is 1. The zero-order chi connectivity index (χ0) is 16.4. The SMILES string of the molecule is COC(=O)[C@@H]1C[C@@H](F)C(=O)N1CCO[Si](C)(C)C(C)(C)C. The van der Waals surface area contributed by atoms with Crippen molar-refractivity contribution < 1.29 is 23.1 Å². The van der Waals surface area contributed by atoms with Crippen molar-refractivity contribution >= 4 is 20.2 Å². The highest BCUT2D eigenvalue weighted by atomic mass is 28.4. The predicted octanol–water partition coefficient (Wildman–Crippen LogP) is 2.12. The van der Waals surface area contributed by atoms with Crippen LogP contribution in [0.15, 0.2) is 0 Å². The number of ether oxygens (including phenoxy) is 1. The Hall–Kier alpha value is -0.953. The maximum atomic E-state index is 13.5. The third kappa shape index (κ3) is 4.03. The lowest BCUT2D eigenvalue weighted by Crippen LogP contribution is -2.45. The van der Waals surface area contributed by atoms with E-state index in [0.29, 0.717) is 6.61 Å². The Morgan fingerprint density at radius 2 is 2.00 bits per heavy atom. The van der Waals surface area contributed by atoms with Gasteiger partial charge in [0, 0.05) is 13.0 Å². The Labute approximate surface area is 126 Å².